The Morgan fingerprint density at radius 1 is 0.923 bits per heavy atom. The van der Waals surface area contributed by atoms with Gasteiger partial charge in [-0.25, -0.2) is 4.68 Å². The lowest BCUT2D eigenvalue weighted by Gasteiger charge is -2.25. The van der Waals surface area contributed by atoms with Gasteiger partial charge in [-0.1, -0.05) is 66.2 Å². The Balaban J connectivity index is 1.70. The summed E-state index contributed by atoms with van der Waals surface area (Å²) in [4.78, 5) is 4.38. The normalized spacial score (nSPS) is 16.0. The monoisotopic (exact) mass is 358 g/mol. The van der Waals surface area contributed by atoms with Crippen LogP contribution in [0.2, 0.25) is 5.02 Å². The molecule has 1 aromatic heterocycles. The van der Waals surface area contributed by atoms with Crippen molar-refractivity contribution in [1.82, 2.24) is 14.8 Å². The third-order valence-corrected chi connectivity index (χ3v) is 4.96. The first-order valence-corrected chi connectivity index (χ1v) is 8.79. The van der Waals surface area contributed by atoms with Crippen LogP contribution in [0.1, 0.15) is 17.2 Å². The summed E-state index contributed by atoms with van der Waals surface area (Å²) in [5, 5.41) is 11.0. The summed E-state index contributed by atoms with van der Waals surface area (Å²) in [7, 11) is 0. The number of allylic oxidation sites excluding steroid dienone is 1. The lowest BCUT2D eigenvalue weighted by atomic mass is 9.96. The lowest BCUT2D eigenvalue weighted by molar-refractivity contribution is 0.615. The first-order chi connectivity index (χ1) is 12.8. The summed E-state index contributed by atoms with van der Waals surface area (Å²) in [6.07, 6.45) is 3.77. The molecule has 26 heavy (non-hydrogen) atoms. The largest absolute Gasteiger partial charge is 0.324 e. The van der Waals surface area contributed by atoms with Gasteiger partial charge in [-0.3, -0.25) is 0 Å². The summed E-state index contributed by atoms with van der Waals surface area (Å²) in [5.41, 5.74) is 3.26. The molecule has 1 atom stereocenters. The van der Waals surface area contributed by atoms with Crippen LogP contribution in [0.3, 0.4) is 0 Å². The van der Waals surface area contributed by atoms with Crippen molar-refractivity contribution in [2.75, 3.05) is 5.32 Å². The number of aromatic nitrogens is 3. The van der Waals surface area contributed by atoms with Gasteiger partial charge in [-0.2, -0.15) is 10.1 Å². The van der Waals surface area contributed by atoms with Crippen LogP contribution in [0.15, 0.2) is 79.1 Å². The number of hydrogen-bond acceptors (Lipinski definition) is 3. The van der Waals surface area contributed by atoms with Crippen LogP contribution in [-0.2, 0) is 0 Å². The molecule has 0 spiro atoms. The molecule has 126 valence electrons. The number of fused-ring (bicyclic) bond motifs is 2. The number of nitrogens with one attached hydrogen (secondary N) is 1. The van der Waals surface area contributed by atoms with Crippen molar-refractivity contribution < 1.29 is 0 Å². The van der Waals surface area contributed by atoms with Crippen LogP contribution in [0.25, 0.3) is 16.5 Å². The molecule has 0 saturated heterocycles. The third-order valence-electron chi connectivity index (χ3n) is 4.70. The maximum Gasteiger partial charge on any atom is 0.226 e. The maximum atomic E-state index is 6.04. The van der Waals surface area contributed by atoms with Gasteiger partial charge < -0.3 is 5.32 Å². The van der Waals surface area contributed by atoms with Crippen LogP contribution in [0, 0.1) is 0 Å². The predicted molar refractivity (Wildman–Crippen MR) is 105 cm³/mol. The molecule has 4 aromatic rings. The Morgan fingerprint density at radius 2 is 1.73 bits per heavy atom. The van der Waals surface area contributed by atoms with Crippen LogP contribution >= 0.6 is 11.6 Å². The van der Waals surface area contributed by atoms with E-state index in [1.54, 1.807) is 6.33 Å². The number of benzene rings is 3. The van der Waals surface area contributed by atoms with E-state index in [1.807, 2.05) is 28.9 Å². The summed E-state index contributed by atoms with van der Waals surface area (Å²) < 4.78 is 1.92. The Bertz CT molecular complexity index is 1120. The molecule has 5 heteroatoms. The van der Waals surface area contributed by atoms with E-state index in [4.69, 9.17) is 11.6 Å². The highest BCUT2D eigenvalue weighted by atomic mass is 35.5. The number of halogens is 1. The summed E-state index contributed by atoms with van der Waals surface area (Å²) in [6, 6.07) is 22.6. The maximum absolute atomic E-state index is 6.04. The topological polar surface area (TPSA) is 42.7 Å². The van der Waals surface area contributed by atoms with E-state index >= 15 is 0 Å². The minimum Gasteiger partial charge on any atom is -0.324 e. The second kappa shape index (κ2) is 6.00. The molecule has 4 nitrogen and oxygen atoms in total. The van der Waals surface area contributed by atoms with Crippen LogP contribution < -0.4 is 5.32 Å². The zero-order valence-electron chi connectivity index (χ0n) is 13.8. The highest BCUT2D eigenvalue weighted by molar-refractivity contribution is 6.30. The molecule has 0 bridgehead atoms. The van der Waals surface area contributed by atoms with Gasteiger partial charge in [0, 0.05) is 10.7 Å². The lowest BCUT2D eigenvalue weighted by Crippen LogP contribution is -2.20. The fourth-order valence-electron chi connectivity index (χ4n) is 3.46. The zero-order chi connectivity index (χ0) is 17.5. The summed E-state index contributed by atoms with van der Waals surface area (Å²) in [5.74, 6) is 0.732. The highest BCUT2D eigenvalue weighted by Gasteiger charge is 2.24. The van der Waals surface area contributed by atoms with Crippen molar-refractivity contribution in [3.05, 3.63) is 95.3 Å². The Labute approximate surface area is 155 Å². The van der Waals surface area contributed by atoms with Gasteiger partial charge in [0.2, 0.25) is 5.95 Å². The average molecular weight is 359 g/mol. The van der Waals surface area contributed by atoms with Crippen LogP contribution in [-0.4, -0.2) is 14.8 Å². The van der Waals surface area contributed by atoms with E-state index in [2.05, 4.69) is 63.9 Å². The van der Waals surface area contributed by atoms with Crippen molar-refractivity contribution in [2.45, 2.75) is 6.04 Å². The SMILES string of the molecule is Clc1ccc(C2=C[C@@H](c3cccc4ccccc34)n3ncnc3N2)cc1. The first-order valence-electron chi connectivity index (χ1n) is 8.41. The predicted octanol–water partition coefficient (Wildman–Crippen LogP) is 5.14. The van der Waals surface area contributed by atoms with Gasteiger partial charge in [-0.15, -0.1) is 0 Å². The van der Waals surface area contributed by atoms with Gasteiger partial charge >= 0.3 is 0 Å². The van der Waals surface area contributed by atoms with E-state index in [9.17, 15) is 0 Å². The molecule has 1 N–H and O–H groups in total. The van der Waals surface area contributed by atoms with E-state index < -0.39 is 0 Å². The second-order valence-electron chi connectivity index (χ2n) is 6.25. The first kappa shape index (κ1) is 15.2. The molecule has 5 rings (SSSR count). The molecule has 3 aromatic carbocycles. The van der Waals surface area contributed by atoms with Crippen molar-refractivity contribution >= 4 is 34.0 Å². The summed E-state index contributed by atoms with van der Waals surface area (Å²) >= 11 is 6.04. The minimum absolute atomic E-state index is 0.0365. The van der Waals surface area contributed by atoms with Gasteiger partial charge in [0.25, 0.3) is 0 Å². The minimum atomic E-state index is -0.0365. The zero-order valence-corrected chi connectivity index (χ0v) is 14.6. The van der Waals surface area contributed by atoms with Crippen LogP contribution in [0.4, 0.5) is 5.95 Å². The number of anilines is 1. The fourth-order valence-corrected chi connectivity index (χ4v) is 3.59. The Morgan fingerprint density at radius 3 is 2.62 bits per heavy atom. The number of rotatable bonds is 2. The smallest absolute Gasteiger partial charge is 0.226 e. The van der Waals surface area contributed by atoms with Gasteiger partial charge in [0.05, 0.1) is 0 Å². The molecule has 0 amide bonds. The number of nitrogens with zero attached hydrogens (tertiary/aromatic N) is 3. The van der Waals surface area contributed by atoms with Crippen molar-refractivity contribution in [3.63, 3.8) is 0 Å². The van der Waals surface area contributed by atoms with Crippen molar-refractivity contribution in [2.24, 2.45) is 0 Å². The van der Waals surface area contributed by atoms with E-state index in [0.717, 1.165) is 22.2 Å². The number of hydrogen-bond donors (Lipinski definition) is 1. The highest BCUT2D eigenvalue weighted by Crippen LogP contribution is 2.35. The Hall–Kier alpha value is -3.11. The molecule has 0 fully saturated rings. The quantitative estimate of drug-likeness (QED) is 0.539. The molecule has 1 aliphatic heterocycles. The fraction of sp³-hybridized carbons (Fsp3) is 0.0476. The van der Waals surface area contributed by atoms with Gasteiger partial charge in [-0.05, 0) is 40.1 Å². The molecule has 0 aliphatic carbocycles. The standard InChI is InChI=1S/C21H15ClN4/c22-16-10-8-15(9-11-16)19-12-20(26-21(25-19)23-13-24-26)18-7-3-5-14-4-1-2-6-17(14)18/h1-13,20H,(H,23,24,25)/t20-/m0/s1. The van der Waals surface area contributed by atoms with E-state index in [0.29, 0.717) is 0 Å². The van der Waals surface area contributed by atoms with Gasteiger partial charge in [0.1, 0.15) is 12.4 Å². The van der Waals surface area contributed by atoms with Crippen LogP contribution in [0.5, 0.6) is 0 Å². The second-order valence-corrected chi connectivity index (χ2v) is 6.69. The van der Waals surface area contributed by atoms with Crippen molar-refractivity contribution in [3.8, 4) is 0 Å². The summed E-state index contributed by atoms with van der Waals surface area (Å²) in [6.45, 7) is 0. The van der Waals surface area contributed by atoms with Gasteiger partial charge in [0.15, 0.2) is 0 Å². The molecule has 1 aliphatic rings. The molecule has 0 unspecified atom stereocenters. The molecular formula is C21H15ClN4. The molecular weight excluding hydrogens is 344 g/mol. The molecule has 0 saturated carbocycles. The molecule has 2 heterocycles. The Kier molecular flexibility index (Phi) is 3.50. The molecule has 0 radical (unpaired) electrons. The van der Waals surface area contributed by atoms with Crippen molar-refractivity contribution in [1.29, 1.82) is 0 Å². The average Bonchev–Trinajstić information content (AvgIpc) is 3.16. The van der Waals surface area contributed by atoms with E-state index in [-0.39, 0.29) is 6.04 Å². The van der Waals surface area contributed by atoms with E-state index in [1.165, 1.54) is 16.3 Å². The third kappa shape index (κ3) is 2.47.